The van der Waals surface area contributed by atoms with E-state index < -0.39 is 0 Å². The quantitative estimate of drug-likeness (QED) is 0.748. The molecule has 0 aliphatic carbocycles. The molecule has 0 saturated carbocycles. The van der Waals surface area contributed by atoms with Gasteiger partial charge in [0.1, 0.15) is 5.75 Å². The predicted octanol–water partition coefficient (Wildman–Crippen LogP) is 3.39. The maximum Gasteiger partial charge on any atom is 0.223 e. The van der Waals surface area contributed by atoms with Crippen LogP contribution in [0.1, 0.15) is 47.3 Å². The van der Waals surface area contributed by atoms with Gasteiger partial charge in [-0.25, -0.2) is 0 Å². The number of para-hydroxylation sites is 1. The molecule has 1 atom stereocenters. The fourth-order valence-corrected chi connectivity index (χ4v) is 3.66. The standard InChI is InChI=1S/C23H28N2O3/c1-3-17-8-10-18(11-9-17)21(26)12-13-23(27)25-15-14-24-16-20(25)19-6-4-5-7-22(19)28-2/h4-11,20,24H,3,12-16H2,1-2H3. The van der Waals surface area contributed by atoms with Crippen LogP contribution in [0.3, 0.4) is 0 Å². The van der Waals surface area contributed by atoms with Crippen molar-refractivity contribution < 1.29 is 14.3 Å². The van der Waals surface area contributed by atoms with Gasteiger partial charge in [0.15, 0.2) is 5.78 Å². The van der Waals surface area contributed by atoms with E-state index in [9.17, 15) is 9.59 Å². The Morgan fingerprint density at radius 1 is 1.11 bits per heavy atom. The van der Waals surface area contributed by atoms with Crippen LogP contribution in [-0.2, 0) is 11.2 Å². The average Bonchev–Trinajstić information content (AvgIpc) is 2.77. The molecule has 3 rings (SSSR count). The van der Waals surface area contributed by atoms with Crippen LogP contribution >= 0.6 is 0 Å². The summed E-state index contributed by atoms with van der Waals surface area (Å²) in [5, 5.41) is 3.35. The number of hydrogen-bond acceptors (Lipinski definition) is 4. The number of ketones is 1. The minimum atomic E-state index is -0.0867. The SMILES string of the molecule is CCc1ccc(C(=O)CCC(=O)N2CCNCC2c2ccccc2OC)cc1. The number of benzene rings is 2. The van der Waals surface area contributed by atoms with Gasteiger partial charge in [-0.05, 0) is 18.1 Å². The third-order valence-electron chi connectivity index (χ3n) is 5.31. The summed E-state index contributed by atoms with van der Waals surface area (Å²) < 4.78 is 5.48. The van der Waals surface area contributed by atoms with E-state index in [1.807, 2.05) is 53.4 Å². The Labute approximate surface area is 166 Å². The highest BCUT2D eigenvalue weighted by Gasteiger charge is 2.29. The zero-order valence-corrected chi connectivity index (χ0v) is 16.6. The van der Waals surface area contributed by atoms with Crippen molar-refractivity contribution in [2.75, 3.05) is 26.7 Å². The molecule has 5 heteroatoms. The van der Waals surface area contributed by atoms with Crippen molar-refractivity contribution >= 4 is 11.7 Å². The molecule has 1 fully saturated rings. The Balaban J connectivity index is 1.66. The van der Waals surface area contributed by atoms with E-state index in [2.05, 4.69) is 12.2 Å². The number of carbonyl (C=O) groups is 2. The first-order valence-electron chi connectivity index (χ1n) is 9.89. The van der Waals surface area contributed by atoms with Crippen LogP contribution in [0.4, 0.5) is 0 Å². The smallest absolute Gasteiger partial charge is 0.223 e. The van der Waals surface area contributed by atoms with Gasteiger partial charge in [0, 0.05) is 43.6 Å². The monoisotopic (exact) mass is 380 g/mol. The molecule has 5 nitrogen and oxygen atoms in total. The van der Waals surface area contributed by atoms with Crippen molar-refractivity contribution in [3.63, 3.8) is 0 Å². The van der Waals surface area contributed by atoms with Gasteiger partial charge in [-0.15, -0.1) is 0 Å². The maximum absolute atomic E-state index is 12.9. The summed E-state index contributed by atoms with van der Waals surface area (Å²) in [6.45, 7) is 4.14. The second-order valence-electron chi connectivity index (χ2n) is 7.02. The summed E-state index contributed by atoms with van der Waals surface area (Å²) in [5.41, 5.74) is 2.87. The van der Waals surface area contributed by atoms with E-state index in [-0.39, 0.29) is 30.6 Å². The summed E-state index contributed by atoms with van der Waals surface area (Å²) in [6, 6.07) is 15.4. The molecule has 1 heterocycles. The number of aryl methyl sites for hydroxylation is 1. The predicted molar refractivity (Wildman–Crippen MR) is 110 cm³/mol. The van der Waals surface area contributed by atoms with Crippen molar-refractivity contribution in [1.29, 1.82) is 0 Å². The zero-order chi connectivity index (χ0) is 19.9. The van der Waals surface area contributed by atoms with E-state index in [0.717, 1.165) is 24.3 Å². The summed E-state index contributed by atoms with van der Waals surface area (Å²) in [7, 11) is 1.64. The van der Waals surface area contributed by atoms with Crippen molar-refractivity contribution in [2.24, 2.45) is 0 Å². The number of Topliss-reactive ketones (excluding diaryl/α,β-unsaturated/α-hetero) is 1. The van der Waals surface area contributed by atoms with E-state index in [1.54, 1.807) is 7.11 Å². The van der Waals surface area contributed by atoms with Gasteiger partial charge >= 0.3 is 0 Å². The summed E-state index contributed by atoms with van der Waals surface area (Å²) in [6.07, 6.45) is 1.40. The molecule has 0 aromatic heterocycles. The third-order valence-corrected chi connectivity index (χ3v) is 5.31. The fraction of sp³-hybridized carbons (Fsp3) is 0.391. The normalized spacial score (nSPS) is 16.6. The number of amides is 1. The van der Waals surface area contributed by atoms with Crippen LogP contribution in [0.25, 0.3) is 0 Å². The van der Waals surface area contributed by atoms with Crippen LogP contribution in [0.2, 0.25) is 0 Å². The Hall–Kier alpha value is -2.66. The lowest BCUT2D eigenvalue weighted by atomic mass is 10.00. The minimum Gasteiger partial charge on any atom is -0.496 e. The molecule has 1 aliphatic heterocycles. The van der Waals surface area contributed by atoms with Crippen LogP contribution in [0.5, 0.6) is 5.75 Å². The highest BCUT2D eigenvalue weighted by Crippen LogP contribution is 2.30. The molecule has 2 aromatic rings. The first-order valence-corrected chi connectivity index (χ1v) is 9.89. The average molecular weight is 380 g/mol. The van der Waals surface area contributed by atoms with Crippen molar-refractivity contribution in [3.05, 3.63) is 65.2 Å². The number of ether oxygens (including phenoxy) is 1. The summed E-state index contributed by atoms with van der Waals surface area (Å²) in [4.78, 5) is 27.3. The molecule has 1 N–H and O–H groups in total. The van der Waals surface area contributed by atoms with Gasteiger partial charge < -0.3 is 15.0 Å². The molecule has 1 saturated heterocycles. The second kappa shape index (κ2) is 9.51. The fourth-order valence-electron chi connectivity index (χ4n) is 3.66. The van der Waals surface area contributed by atoms with Crippen molar-refractivity contribution in [3.8, 4) is 5.75 Å². The zero-order valence-electron chi connectivity index (χ0n) is 16.6. The molecule has 28 heavy (non-hydrogen) atoms. The Kier molecular flexibility index (Phi) is 6.82. The van der Waals surface area contributed by atoms with Crippen LogP contribution in [0.15, 0.2) is 48.5 Å². The lowest BCUT2D eigenvalue weighted by Crippen LogP contribution is -2.48. The number of hydrogen-bond donors (Lipinski definition) is 1. The van der Waals surface area contributed by atoms with Crippen molar-refractivity contribution in [2.45, 2.75) is 32.2 Å². The van der Waals surface area contributed by atoms with E-state index in [0.29, 0.717) is 18.7 Å². The lowest BCUT2D eigenvalue weighted by molar-refractivity contribution is -0.134. The molecule has 148 valence electrons. The molecule has 1 unspecified atom stereocenters. The Morgan fingerprint density at radius 3 is 2.57 bits per heavy atom. The topological polar surface area (TPSA) is 58.6 Å². The number of carbonyl (C=O) groups excluding carboxylic acids is 2. The highest BCUT2D eigenvalue weighted by atomic mass is 16.5. The Morgan fingerprint density at radius 2 is 1.86 bits per heavy atom. The Bertz CT molecular complexity index is 817. The van der Waals surface area contributed by atoms with Crippen molar-refractivity contribution in [1.82, 2.24) is 10.2 Å². The minimum absolute atomic E-state index is 0.0101. The lowest BCUT2D eigenvalue weighted by Gasteiger charge is -2.37. The number of nitrogens with one attached hydrogen (secondary N) is 1. The molecule has 0 radical (unpaired) electrons. The number of rotatable bonds is 7. The number of nitrogens with zero attached hydrogens (tertiary/aromatic N) is 1. The molecule has 0 spiro atoms. The largest absolute Gasteiger partial charge is 0.496 e. The van der Waals surface area contributed by atoms with Gasteiger partial charge in [-0.1, -0.05) is 49.4 Å². The molecular formula is C23H28N2O3. The molecule has 1 aliphatic rings. The first-order chi connectivity index (χ1) is 13.6. The van der Waals surface area contributed by atoms with Gasteiger partial charge in [-0.2, -0.15) is 0 Å². The maximum atomic E-state index is 12.9. The van der Waals surface area contributed by atoms with E-state index in [1.165, 1.54) is 5.56 Å². The molecular weight excluding hydrogens is 352 g/mol. The third kappa shape index (κ3) is 4.60. The summed E-state index contributed by atoms with van der Waals surface area (Å²) >= 11 is 0. The molecule has 2 aromatic carbocycles. The second-order valence-corrected chi connectivity index (χ2v) is 7.02. The molecule has 0 bridgehead atoms. The van der Waals surface area contributed by atoms with Gasteiger partial charge in [0.25, 0.3) is 0 Å². The van der Waals surface area contributed by atoms with Crippen LogP contribution in [0, 0.1) is 0 Å². The highest BCUT2D eigenvalue weighted by molar-refractivity contribution is 5.98. The number of piperazine rings is 1. The van der Waals surface area contributed by atoms with Crippen LogP contribution < -0.4 is 10.1 Å². The van der Waals surface area contributed by atoms with Gasteiger partial charge in [-0.3, -0.25) is 9.59 Å². The van der Waals surface area contributed by atoms with Crippen LogP contribution in [-0.4, -0.2) is 43.3 Å². The summed E-state index contributed by atoms with van der Waals surface area (Å²) in [5.74, 6) is 0.803. The van der Waals surface area contributed by atoms with Gasteiger partial charge in [0.2, 0.25) is 5.91 Å². The van der Waals surface area contributed by atoms with Gasteiger partial charge in [0.05, 0.1) is 13.2 Å². The van der Waals surface area contributed by atoms with E-state index in [4.69, 9.17) is 4.74 Å². The van der Waals surface area contributed by atoms with E-state index >= 15 is 0 Å². The number of methoxy groups -OCH3 is 1. The first kappa shape index (κ1) is 20.1. The molecule has 1 amide bonds.